The second-order valence-corrected chi connectivity index (χ2v) is 8.44. The van der Waals surface area contributed by atoms with Gasteiger partial charge in [-0.05, 0) is 37.4 Å². The Kier molecular flexibility index (Phi) is 6.85. The van der Waals surface area contributed by atoms with Crippen LogP contribution in [0, 0.1) is 0 Å². The highest BCUT2D eigenvalue weighted by Gasteiger charge is 2.33. The van der Waals surface area contributed by atoms with E-state index in [0.29, 0.717) is 22.2 Å². The first-order valence-electron chi connectivity index (χ1n) is 11.0. The van der Waals surface area contributed by atoms with E-state index in [1.807, 2.05) is 24.3 Å². The van der Waals surface area contributed by atoms with Crippen LogP contribution in [0.2, 0.25) is 5.02 Å². The van der Waals surface area contributed by atoms with Gasteiger partial charge in [0.15, 0.2) is 0 Å². The first-order valence-corrected chi connectivity index (χ1v) is 11.4. The molecule has 2 heterocycles. The van der Waals surface area contributed by atoms with E-state index in [4.69, 9.17) is 26.1 Å². The Hall–Kier alpha value is -3.10. The molecule has 1 unspecified atom stereocenters. The van der Waals surface area contributed by atoms with Gasteiger partial charge in [-0.1, -0.05) is 30.7 Å². The van der Waals surface area contributed by atoms with Crippen molar-refractivity contribution in [3.05, 3.63) is 58.1 Å². The summed E-state index contributed by atoms with van der Waals surface area (Å²) in [6.07, 6.45) is -1.53. The van der Waals surface area contributed by atoms with Crippen molar-refractivity contribution >= 4 is 40.9 Å². The smallest absolute Gasteiger partial charge is 0.423 e. The first-order chi connectivity index (χ1) is 15.9. The number of ether oxygens (including phenoxy) is 2. The lowest BCUT2D eigenvalue weighted by Gasteiger charge is -2.39. The quantitative estimate of drug-likeness (QED) is 0.505. The number of hydrogen-bond acceptors (Lipinski definition) is 7. The maximum absolute atomic E-state index is 13.6. The molecule has 0 N–H and O–H groups in total. The standard InChI is InChI=1S/C24H27ClN4O4/c1-4-22(30)32-16(2)33-24(31)29-21-15-17(25)9-10-20(21)26-19-8-6-5-7-18(19)23(29)28-13-11-27(3)12-14-28/h5-10,15-16H,4,11-14H2,1-3H3. The van der Waals surface area contributed by atoms with Gasteiger partial charge in [0.05, 0.1) is 16.7 Å². The maximum Gasteiger partial charge on any atom is 0.423 e. The van der Waals surface area contributed by atoms with E-state index in [9.17, 15) is 9.59 Å². The van der Waals surface area contributed by atoms with Crippen molar-refractivity contribution in [3.8, 4) is 0 Å². The number of nitrogens with zero attached hydrogens (tertiary/aromatic N) is 4. The molecule has 8 nitrogen and oxygen atoms in total. The normalized spacial score (nSPS) is 16.8. The van der Waals surface area contributed by atoms with Crippen LogP contribution < -0.4 is 15.5 Å². The zero-order valence-corrected chi connectivity index (χ0v) is 19.7. The van der Waals surface area contributed by atoms with Crippen molar-refractivity contribution in [1.29, 1.82) is 0 Å². The summed E-state index contributed by atoms with van der Waals surface area (Å²) in [5, 5.41) is 2.02. The van der Waals surface area contributed by atoms with E-state index in [-0.39, 0.29) is 6.42 Å². The van der Waals surface area contributed by atoms with Crippen LogP contribution in [0.3, 0.4) is 0 Å². The van der Waals surface area contributed by atoms with Crippen molar-refractivity contribution in [2.45, 2.75) is 26.6 Å². The zero-order chi connectivity index (χ0) is 23.5. The monoisotopic (exact) mass is 470 g/mol. The number of piperazine rings is 1. The zero-order valence-electron chi connectivity index (χ0n) is 19.0. The molecule has 2 aliphatic rings. The summed E-state index contributed by atoms with van der Waals surface area (Å²) in [6, 6.07) is 12.9. The lowest BCUT2D eigenvalue weighted by molar-refractivity contribution is -0.164. The molecule has 2 aromatic carbocycles. The van der Waals surface area contributed by atoms with Gasteiger partial charge in [0, 0.05) is 49.8 Å². The third-order valence-electron chi connectivity index (χ3n) is 5.61. The molecule has 1 atom stereocenters. The molecule has 2 aromatic rings. The Morgan fingerprint density at radius 3 is 2.55 bits per heavy atom. The van der Waals surface area contributed by atoms with Gasteiger partial charge in [-0.2, -0.15) is 0 Å². The van der Waals surface area contributed by atoms with E-state index in [0.717, 1.165) is 36.8 Å². The molecule has 0 aliphatic carbocycles. The highest BCUT2D eigenvalue weighted by molar-refractivity contribution is 6.31. The van der Waals surface area contributed by atoms with E-state index >= 15 is 0 Å². The lowest BCUT2D eigenvalue weighted by Crippen LogP contribution is -2.51. The Morgan fingerprint density at radius 2 is 1.82 bits per heavy atom. The number of fused-ring (bicyclic) bond motifs is 2. The average Bonchev–Trinajstić information content (AvgIpc) is 2.93. The van der Waals surface area contributed by atoms with Crippen LogP contribution in [-0.2, 0) is 14.3 Å². The molecule has 0 bridgehead atoms. The summed E-state index contributed by atoms with van der Waals surface area (Å²) >= 11 is 6.34. The van der Waals surface area contributed by atoms with Crippen molar-refractivity contribution in [2.75, 3.05) is 38.1 Å². The van der Waals surface area contributed by atoms with Gasteiger partial charge in [0.2, 0.25) is 6.29 Å². The first kappa shape index (κ1) is 23.1. The van der Waals surface area contributed by atoms with Gasteiger partial charge in [-0.15, -0.1) is 0 Å². The number of carbonyl (C=O) groups excluding carboxylic acids is 2. The number of anilines is 1. The van der Waals surface area contributed by atoms with Crippen molar-refractivity contribution in [3.63, 3.8) is 0 Å². The maximum atomic E-state index is 13.6. The average molecular weight is 471 g/mol. The molecule has 0 spiro atoms. The van der Waals surface area contributed by atoms with Crippen LogP contribution in [0.15, 0.2) is 47.5 Å². The van der Waals surface area contributed by atoms with Gasteiger partial charge >= 0.3 is 12.1 Å². The molecule has 33 heavy (non-hydrogen) atoms. The van der Waals surface area contributed by atoms with E-state index in [1.54, 1.807) is 25.1 Å². The van der Waals surface area contributed by atoms with Crippen LogP contribution in [0.4, 0.5) is 16.2 Å². The number of hydrogen-bond donors (Lipinski definition) is 0. The predicted octanol–water partition coefficient (Wildman–Crippen LogP) is 2.86. The summed E-state index contributed by atoms with van der Waals surface area (Å²) in [7, 11) is 2.07. The van der Waals surface area contributed by atoms with E-state index in [1.165, 1.54) is 11.8 Å². The number of amides is 1. The minimum Gasteiger partial charge on any atom is -0.425 e. The number of para-hydroxylation sites is 1. The van der Waals surface area contributed by atoms with Crippen molar-refractivity contribution < 1.29 is 19.1 Å². The van der Waals surface area contributed by atoms with Crippen LogP contribution in [-0.4, -0.2) is 61.4 Å². The Labute approximate surface area is 197 Å². The fourth-order valence-electron chi connectivity index (χ4n) is 3.90. The van der Waals surface area contributed by atoms with Gasteiger partial charge in [-0.3, -0.25) is 4.79 Å². The van der Waals surface area contributed by atoms with Crippen LogP contribution in [0.5, 0.6) is 0 Å². The number of carbonyl (C=O) groups is 2. The SMILES string of the molecule is CCC(=O)OC(C)OC(=O)N1C(N2CCN(C)CC2)=c2ccccc2=Nc2ccc(Cl)cc21. The highest BCUT2D eigenvalue weighted by atomic mass is 35.5. The number of likely N-dealkylation sites (N-methyl/N-ethyl adjacent to an activating group) is 1. The molecule has 1 amide bonds. The fraction of sp³-hybridized carbons (Fsp3) is 0.375. The van der Waals surface area contributed by atoms with Gasteiger partial charge in [0.25, 0.3) is 0 Å². The molecular formula is C24H27ClN4O4. The van der Waals surface area contributed by atoms with E-state index in [2.05, 4.69) is 16.8 Å². The third kappa shape index (κ3) is 4.96. The van der Waals surface area contributed by atoms with E-state index < -0.39 is 18.4 Å². The molecular weight excluding hydrogens is 444 g/mol. The lowest BCUT2D eigenvalue weighted by atomic mass is 10.2. The van der Waals surface area contributed by atoms with Gasteiger partial charge < -0.3 is 19.3 Å². The second kappa shape index (κ2) is 9.80. The minimum absolute atomic E-state index is 0.189. The molecule has 4 rings (SSSR count). The molecule has 1 fully saturated rings. The predicted molar refractivity (Wildman–Crippen MR) is 126 cm³/mol. The Morgan fingerprint density at radius 1 is 1.09 bits per heavy atom. The molecule has 1 saturated heterocycles. The van der Waals surface area contributed by atoms with Crippen molar-refractivity contribution in [2.24, 2.45) is 4.99 Å². The molecule has 0 saturated carbocycles. The molecule has 174 valence electrons. The van der Waals surface area contributed by atoms with Crippen molar-refractivity contribution in [1.82, 2.24) is 9.80 Å². The highest BCUT2D eigenvalue weighted by Crippen LogP contribution is 2.36. The van der Waals surface area contributed by atoms with Crippen LogP contribution >= 0.6 is 11.6 Å². The molecule has 0 radical (unpaired) electrons. The van der Waals surface area contributed by atoms with Gasteiger partial charge in [0.1, 0.15) is 5.82 Å². The fourth-order valence-corrected chi connectivity index (χ4v) is 4.06. The summed E-state index contributed by atoms with van der Waals surface area (Å²) in [4.78, 5) is 36.0. The van der Waals surface area contributed by atoms with Crippen LogP contribution in [0.25, 0.3) is 5.82 Å². The molecule has 2 aliphatic heterocycles. The second-order valence-electron chi connectivity index (χ2n) is 8.01. The summed E-state index contributed by atoms with van der Waals surface area (Å²) in [5.74, 6) is 0.223. The number of benzene rings is 2. The summed E-state index contributed by atoms with van der Waals surface area (Å²) in [5.41, 5.74) is 1.10. The number of halogens is 1. The topological polar surface area (TPSA) is 74.7 Å². The molecule has 0 aromatic heterocycles. The third-order valence-corrected chi connectivity index (χ3v) is 5.85. The molecule has 9 heteroatoms. The Bertz CT molecular complexity index is 1180. The summed E-state index contributed by atoms with van der Waals surface area (Å²) < 4.78 is 10.8. The number of rotatable bonds is 4. The largest absolute Gasteiger partial charge is 0.425 e. The van der Waals surface area contributed by atoms with Gasteiger partial charge in [-0.25, -0.2) is 14.7 Å². The number of esters is 1. The summed E-state index contributed by atoms with van der Waals surface area (Å²) in [6.45, 7) is 6.34. The Balaban J connectivity index is 1.86. The minimum atomic E-state index is -1.04. The van der Waals surface area contributed by atoms with Crippen LogP contribution in [0.1, 0.15) is 20.3 Å².